The second-order valence-corrected chi connectivity index (χ2v) is 3.95. The van der Waals surface area contributed by atoms with Crippen LogP contribution in [0.25, 0.3) is 0 Å². The molecule has 3 nitrogen and oxygen atoms in total. The summed E-state index contributed by atoms with van der Waals surface area (Å²) in [7, 11) is 0. The van der Waals surface area contributed by atoms with Gasteiger partial charge in [0.2, 0.25) is 0 Å². The maximum absolute atomic E-state index is 8.92. The van der Waals surface area contributed by atoms with Crippen molar-refractivity contribution in [1.82, 2.24) is 10.2 Å². The molecule has 1 fully saturated rings. The van der Waals surface area contributed by atoms with Crippen LogP contribution in [0, 0.1) is 11.3 Å². The van der Waals surface area contributed by atoms with Crippen LogP contribution in [0.2, 0.25) is 0 Å². The molecule has 0 aliphatic carbocycles. The summed E-state index contributed by atoms with van der Waals surface area (Å²) in [6.45, 7) is 6.16. The Labute approximate surface area is 87.1 Å². The maximum Gasteiger partial charge on any atom is 0.108 e. The molecule has 3 heteroatoms. The molecule has 1 N–H and O–H groups in total. The van der Waals surface area contributed by atoms with Crippen molar-refractivity contribution in [2.24, 2.45) is 0 Å². The monoisotopic (exact) mass is 195 g/mol. The first-order chi connectivity index (χ1) is 6.86. The van der Waals surface area contributed by atoms with Gasteiger partial charge in [-0.15, -0.1) is 0 Å². The molecule has 0 aromatic rings. The number of nitrogens with one attached hydrogen (secondary N) is 1. The molecule has 0 saturated carbocycles. The summed E-state index contributed by atoms with van der Waals surface area (Å²) in [6, 6.07) is 2.33. The van der Waals surface area contributed by atoms with E-state index in [1.165, 1.54) is 38.8 Å². The van der Waals surface area contributed by atoms with Gasteiger partial charge in [-0.3, -0.25) is 0 Å². The second kappa shape index (κ2) is 6.80. The number of likely N-dealkylation sites (N-methyl/N-ethyl adjacent to an activating group) is 1. The van der Waals surface area contributed by atoms with E-state index in [0.29, 0.717) is 0 Å². The zero-order chi connectivity index (χ0) is 10.2. The molecule has 0 amide bonds. The average Bonchev–Trinajstić information content (AvgIpc) is 2.45. The lowest BCUT2D eigenvalue weighted by atomic mass is 10.2. The third kappa shape index (κ3) is 4.08. The average molecular weight is 195 g/mol. The zero-order valence-corrected chi connectivity index (χ0v) is 9.13. The van der Waals surface area contributed by atoms with Crippen molar-refractivity contribution in [3.05, 3.63) is 0 Å². The molecule has 80 valence electrons. The van der Waals surface area contributed by atoms with Gasteiger partial charge < -0.3 is 10.2 Å². The zero-order valence-electron chi connectivity index (χ0n) is 9.13. The van der Waals surface area contributed by atoms with Crippen molar-refractivity contribution in [1.29, 1.82) is 5.26 Å². The molecule has 0 spiro atoms. The van der Waals surface area contributed by atoms with Crippen molar-refractivity contribution in [2.45, 2.75) is 38.6 Å². The Morgan fingerprint density at radius 2 is 1.93 bits per heavy atom. The first-order valence-electron chi connectivity index (χ1n) is 5.72. The van der Waals surface area contributed by atoms with E-state index < -0.39 is 0 Å². The van der Waals surface area contributed by atoms with Gasteiger partial charge in [-0.2, -0.15) is 5.26 Å². The summed E-state index contributed by atoms with van der Waals surface area (Å²) in [5, 5.41) is 12.1. The van der Waals surface area contributed by atoms with Crippen LogP contribution in [-0.2, 0) is 0 Å². The molecule has 0 aromatic heterocycles. The van der Waals surface area contributed by atoms with Gasteiger partial charge in [0.25, 0.3) is 0 Å². The van der Waals surface area contributed by atoms with Gasteiger partial charge in [0.05, 0.1) is 6.07 Å². The van der Waals surface area contributed by atoms with Crippen LogP contribution in [0.3, 0.4) is 0 Å². The van der Waals surface area contributed by atoms with Gasteiger partial charge in [0.1, 0.15) is 6.04 Å². The number of likely N-dealkylation sites (tertiary alicyclic amines) is 1. The van der Waals surface area contributed by atoms with E-state index in [1.54, 1.807) is 0 Å². The molecule has 1 unspecified atom stereocenters. The molecule has 0 aromatic carbocycles. The van der Waals surface area contributed by atoms with Gasteiger partial charge in [-0.25, -0.2) is 0 Å². The Balaban J connectivity index is 2.29. The van der Waals surface area contributed by atoms with E-state index in [4.69, 9.17) is 5.26 Å². The maximum atomic E-state index is 8.92. The highest BCUT2D eigenvalue weighted by atomic mass is 15.1. The first-order valence-corrected chi connectivity index (χ1v) is 5.72. The Hall–Kier alpha value is -0.590. The number of nitrogens with zero attached hydrogens (tertiary/aromatic N) is 2. The van der Waals surface area contributed by atoms with Crippen LogP contribution in [0.15, 0.2) is 0 Å². The van der Waals surface area contributed by atoms with E-state index in [2.05, 4.69) is 16.3 Å². The Morgan fingerprint density at radius 3 is 2.43 bits per heavy atom. The van der Waals surface area contributed by atoms with Crippen molar-refractivity contribution in [3.8, 4) is 6.07 Å². The quantitative estimate of drug-likeness (QED) is 0.736. The second-order valence-electron chi connectivity index (χ2n) is 3.95. The summed E-state index contributed by atoms with van der Waals surface area (Å²) in [5.74, 6) is 0. The molecule has 1 rings (SSSR count). The van der Waals surface area contributed by atoms with Gasteiger partial charge >= 0.3 is 0 Å². The van der Waals surface area contributed by atoms with Crippen LogP contribution in [0.1, 0.15) is 32.6 Å². The SMILES string of the molecule is CCNC(C#N)CN1CCCCCC1. The highest BCUT2D eigenvalue weighted by Crippen LogP contribution is 2.09. The summed E-state index contributed by atoms with van der Waals surface area (Å²) in [5.41, 5.74) is 0. The van der Waals surface area contributed by atoms with Gasteiger partial charge in [-0.1, -0.05) is 19.8 Å². The topological polar surface area (TPSA) is 39.1 Å². The largest absolute Gasteiger partial charge is 0.301 e. The minimum absolute atomic E-state index is 0.0121. The van der Waals surface area contributed by atoms with Crippen LogP contribution in [0.5, 0.6) is 0 Å². The van der Waals surface area contributed by atoms with E-state index >= 15 is 0 Å². The number of hydrogen-bond donors (Lipinski definition) is 1. The first kappa shape index (κ1) is 11.5. The van der Waals surface area contributed by atoms with Crippen LogP contribution in [0.4, 0.5) is 0 Å². The molecule has 1 saturated heterocycles. The molecule has 1 heterocycles. The summed E-state index contributed by atoms with van der Waals surface area (Å²) in [4.78, 5) is 2.42. The summed E-state index contributed by atoms with van der Waals surface area (Å²) < 4.78 is 0. The number of rotatable bonds is 4. The highest BCUT2D eigenvalue weighted by molar-refractivity contribution is 4.91. The minimum atomic E-state index is 0.0121. The lowest BCUT2D eigenvalue weighted by Gasteiger charge is -2.22. The van der Waals surface area contributed by atoms with Crippen LogP contribution >= 0.6 is 0 Å². The third-order valence-electron chi connectivity index (χ3n) is 2.75. The van der Waals surface area contributed by atoms with Crippen LogP contribution in [-0.4, -0.2) is 37.1 Å². The lowest BCUT2D eigenvalue weighted by Crippen LogP contribution is -2.40. The molecule has 1 aliphatic heterocycles. The Kier molecular flexibility index (Phi) is 5.58. The summed E-state index contributed by atoms with van der Waals surface area (Å²) >= 11 is 0. The molecule has 0 radical (unpaired) electrons. The van der Waals surface area contributed by atoms with Crippen molar-refractivity contribution < 1.29 is 0 Å². The Bertz CT molecular complexity index is 177. The molecular weight excluding hydrogens is 174 g/mol. The lowest BCUT2D eigenvalue weighted by molar-refractivity contribution is 0.268. The molecule has 1 aliphatic rings. The van der Waals surface area contributed by atoms with E-state index in [1.807, 2.05) is 6.92 Å². The summed E-state index contributed by atoms with van der Waals surface area (Å²) in [6.07, 6.45) is 5.30. The van der Waals surface area contributed by atoms with Crippen molar-refractivity contribution >= 4 is 0 Å². The van der Waals surface area contributed by atoms with Crippen LogP contribution < -0.4 is 5.32 Å². The predicted octanol–water partition coefficient (Wildman–Crippen LogP) is 1.36. The van der Waals surface area contributed by atoms with Gasteiger partial charge in [0.15, 0.2) is 0 Å². The number of nitriles is 1. The van der Waals surface area contributed by atoms with Gasteiger partial charge in [-0.05, 0) is 32.5 Å². The fraction of sp³-hybridized carbons (Fsp3) is 0.909. The molecule has 14 heavy (non-hydrogen) atoms. The van der Waals surface area contributed by atoms with E-state index in [0.717, 1.165) is 13.1 Å². The normalized spacial score (nSPS) is 21.1. The third-order valence-corrected chi connectivity index (χ3v) is 2.75. The minimum Gasteiger partial charge on any atom is -0.301 e. The predicted molar refractivity (Wildman–Crippen MR) is 58.0 cm³/mol. The van der Waals surface area contributed by atoms with E-state index in [9.17, 15) is 0 Å². The standard InChI is InChI=1S/C11H21N3/c1-2-13-11(9-12)10-14-7-5-3-4-6-8-14/h11,13H,2-8,10H2,1H3. The van der Waals surface area contributed by atoms with Crippen molar-refractivity contribution in [3.63, 3.8) is 0 Å². The van der Waals surface area contributed by atoms with E-state index in [-0.39, 0.29) is 6.04 Å². The fourth-order valence-electron chi connectivity index (χ4n) is 1.97. The smallest absolute Gasteiger partial charge is 0.108 e. The number of hydrogen-bond acceptors (Lipinski definition) is 3. The van der Waals surface area contributed by atoms with Crippen molar-refractivity contribution in [2.75, 3.05) is 26.2 Å². The molecule has 1 atom stereocenters. The Morgan fingerprint density at radius 1 is 1.29 bits per heavy atom. The van der Waals surface area contributed by atoms with Gasteiger partial charge in [0, 0.05) is 6.54 Å². The fourth-order valence-corrected chi connectivity index (χ4v) is 1.97. The molecular formula is C11H21N3. The molecule has 0 bridgehead atoms. The highest BCUT2D eigenvalue weighted by Gasteiger charge is 2.13.